The fraction of sp³-hybridized carbons (Fsp3) is 0.286. The van der Waals surface area contributed by atoms with Crippen LogP contribution in [0.1, 0.15) is 11.4 Å². The van der Waals surface area contributed by atoms with E-state index in [0.29, 0.717) is 17.4 Å². The third kappa shape index (κ3) is 1.27. The molecule has 0 radical (unpaired) electrons. The quantitative estimate of drug-likeness (QED) is 0.660. The van der Waals surface area contributed by atoms with Crippen LogP contribution in [-0.4, -0.2) is 15.2 Å². The summed E-state index contributed by atoms with van der Waals surface area (Å²) in [4.78, 5) is 19.1. The standard InChI is InChI=1S/C7H7N3OS/c1-4-8-2-5-3-12-7(11)10-6(5)9-4/h2H,3H2,1H3,(H,8,9,10,11). The van der Waals surface area contributed by atoms with Gasteiger partial charge in [0, 0.05) is 17.5 Å². The minimum atomic E-state index is -0.0411. The number of carbonyl (C=O) groups excluding carboxylic acids is 1. The predicted octanol–water partition coefficient (Wildman–Crippen LogP) is 1.56. The first kappa shape index (κ1) is 7.54. The summed E-state index contributed by atoms with van der Waals surface area (Å²) >= 11 is 1.24. The zero-order chi connectivity index (χ0) is 8.55. The number of aryl methyl sites for hydroxylation is 1. The second-order valence-corrected chi connectivity index (χ2v) is 3.44. The Morgan fingerprint density at radius 2 is 2.50 bits per heavy atom. The van der Waals surface area contributed by atoms with Gasteiger partial charge < -0.3 is 5.32 Å². The normalized spacial score (nSPS) is 15.2. The van der Waals surface area contributed by atoms with Gasteiger partial charge in [-0.05, 0) is 6.92 Å². The Bertz CT molecular complexity index is 339. The molecular weight excluding hydrogens is 174 g/mol. The van der Waals surface area contributed by atoms with Crippen LogP contribution in [0.15, 0.2) is 6.20 Å². The number of hydrogen-bond acceptors (Lipinski definition) is 4. The zero-order valence-corrected chi connectivity index (χ0v) is 7.31. The molecule has 1 N–H and O–H groups in total. The highest BCUT2D eigenvalue weighted by atomic mass is 32.2. The summed E-state index contributed by atoms with van der Waals surface area (Å²) in [5.74, 6) is 2.01. The number of thioether (sulfide) groups is 1. The molecule has 0 saturated heterocycles. The van der Waals surface area contributed by atoms with Gasteiger partial charge in [0.1, 0.15) is 11.6 Å². The molecule has 0 spiro atoms. The molecule has 0 aromatic carbocycles. The molecule has 0 atom stereocenters. The number of nitrogens with one attached hydrogen (secondary N) is 1. The Labute approximate surface area is 73.8 Å². The van der Waals surface area contributed by atoms with Gasteiger partial charge in [-0.1, -0.05) is 11.8 Å². The summed E-state index contributed by atoms with van der Waals surface area (Å²) in [6.07, 6.45) is 1.75. The SMILES string of the molecule is Cc1ncc2c(n1)NC(=O)SC2. The maximum Gasteiger partial charge on any atom is 0.284 e. The maximum absolute atomic E-state index is 10.9. The van der Waals surface area contributed by atoms with Crippen molar-refractivity contribution in [2.45, 2.75) is 12.7 Å². The van der Waals surface area contributed by atoms with E-state index in [1.54, 1.807) is 13.1 Å². The molecule has 1 aliphatic rings. The van der Waals surface area contributed by atoms with E-state index in [0.717, 1.165) is 5.56 Å². The third-order valence-electron chi connectivity index (χ3n) is 1.56. The number of aromatic nitrogens is 2. The lowest BCUT2D eigenvalue weighted by atomic mass is 10.3. The fourth-order valence-corrected chi connectivity index (χ4v) is 1.65. The molecule has 0 unspecified atom stereocenters. The van der Waals surface area contributed by atoms with E-state index in [4.69, 9.17) is 0 Å². The number of nitrogens with zero attached hydrogens (tertiary/aromatic N) is 2. The largest absolute Gasteiger partial charge is 0.301 e. The van der Waals surface area contributed by atoms with E-state index in [2.05, 4.69) is 15.3 Å². The molecule has 5 heteroatoms. The lowest BCUT2D eigenvalue weighted by molar-refractivity contribution is 0.269. The Morgan fingerprint density at radius 3 is 3.33 bits per heavy atom. The molecule has 0 fully saturated rings. The molecular formula is C7H7N3OS. The van der Waals surface area contributed by atoms with E-state index in [9.17, 15) is 4.79 Å². The van der Waals surface area contributed by atoms with Gasteiger partial charge in [-0.3, -0.25) is 4.79 Å². The van der Waals surface area contributed by atoms with Gasteiger partial charge in [0.25, 0.3) is 5.24 Å². The van der Waals surface area contributed by atoms with Gasteiger partial charge in [-0.2, -0.15) is 0 Å². The van der Waals surface area contributed by atoms with E-state index in [1.807, 2.05) is 0 Å². The van der Waals surface area contributed by atoms with Crippen LogP contribution in [0, 0.1) is 6.92 Å². The Hall–Kier alpha value is -1.10. The fourth-order valence-electron chi connectivity index (χ4n) is 0.985. The van der Waals surface area contributed by atoms with Crippen molar-refractivity contribution in [3.05, 3.63) is 17.6 Å². The second kappa shape index (κ2) is 2.75. The van der Waals surface area contributed by atoms with Gasteiger partial charge in [0.05, 0.1) is 0 Å². The first-order valence-corrected chi connectivity index (χ1v) is 4.50. The number of rotatable bonds is 0. The lowest BCUT2D eigenvalue weighted by Crippen LogP contribution is -2.15. The van der Waals surface area contributed by atoms with Crippen molar-refractivity contribution in [2.24, 2.45) is 0 Å². The molecule has 2 heterocycles. The topological polar surface area (TPSA) is 54.9 Å². The van der Waals surface area contributed by atoms with Crippen molar-refractivity contribution in [1.82, 2.24) is 9.97 Å². The lowest BCUT2D eigenvalue weighted by Gasteiger charge is -2.13. The molecule has 2 rings (SSSR count). The number of amides is 1. The van der Waals surface area contributed by atoms with Crippen LogP contribution < -0.4 is 5.32 Å². The first-order valence-electron chi connectivity index (χ1n) is 3.52. The van der Waals surface area contributed by atoms with Gasteiger partial charge in [-0.25, -0.2) is 9.97 Å². The van der Waals surface area contributed by atoms with E-state index in [1.165, 1.54) is 11.8 Å². The van der Waals surface area contributed by atoms with Gasteiger partial charge in [0.15, 0.2) is 0 Å². The Morgan fingerprint density at radius 1 is 1.67 bits per heavy atom. The van der Waals surface area contributed by atoms with E-state index in [-0.39, 0.29) is 5.24 Å². The van der Waals surface area contributed by atoms with Crippen LogP contribution in [0.5, 0.6) is 0 Å². The van der Waals surface area contributed by atoms with Crippen molar-refractivity contribution in [1.29, 1.82) is 0 Å². The van der Waals surface area contributed by atoms with Crippen LogP contribution in [0.3, 0.4) is 0 Å². The molecule has 0 saturated carbocycles. The molecule has 0 bridgehead atoms. The maximum atomic E-state index is 10.9. The summed E-state index contributed by atoms with van der Waals surface area (Å²) < 4.78 is 0. The van der Waals surface area contributed by atoms with Gasteiger partial charge >= 0.3 is 0 Å². The highest BCUT2D eigenvalue weighted by Gasteiger charge is 2.16. The molecule has 0 aliphatic carbocycles. The molecule has 12 heavy (non-hydrogen) atoms. The highest BCUT2D eigenvalue weighted by Crippen LogP contribution is 2.25. The Balaban J connectivity index is 2.44. The number of anilines is 1. The molecule has 1 amide bonds. The highest BCUT2D eigenvalue weighted by molar-refractivity contribution is 8.13. The van der Waals surface area contributed by atoms with E-state index >= 15 is 0 Å². The second-order valence-electron chi connectivity index (χ2n) is 2.49. The van der Waals surface area contributed by atoms with Crippen LogP contribution in [-0.2, 0) is 5.75 Å². The molecule has 4 nitrogen and oxygen atoms in total. The van der Waals surface area contributed by atoms with Crippen molar-refractivity contribution in [2.75, 3.05) is 5.32 Å². The van der Waals surface area contributed by atoms with Crippen molar-refractivity contribution in [3.8, 4) is 0 Å². The van der Waals surface area contributed by atoms with Crippen molar-refractivity contribution < 1.29 is 4.79 Å². The minimum absolute atomic E-state index is 0.0411. The molecule has 1 aromatic heterocycles. The Kier molecular flexibility index (Phi) is 1.73. The number of fused-ring (bicyclic) bond motifs is 1. The summed E-state index contributed by atoms with van der Waals surface area (Å²) in [6.45, 7) is 1.80. The monoisotopic (exact) mass is 181 g/mol. The average Bonchev–Trinajstić information content (AvgIpc) is 2.03. The van der Waals surface area contributed by atoms with Crippen LogP contribution in [0.2, 0.25) is 0 Å². The minimum Gasteiger partial charge on any atom is -0.301 e. The van der Waals surface area contributed by atoms with Crippen molar-refractivity contribution in [3.63, 3.8) is 0 Å². The van der Waals surface area contributed by atoms with E-state index < -0.39 is 0 Å². The predicted molar refractivity (Wildman–Crippen MR) is 47.1 cm³/mol. The van der Waals surface area contributed by atoms with Crippen molar-refractivity contribution >= 4 is 22.8 Å². The van der Waals surface area contributed by atoms with Crippen LogP contribution in [0.25, 0.3) is 0 Å². The summed E-state index contributed by atoms with van der Waals surface area (Å²) in [5.41, 5.74) is 0.991. The van der Waals surface area contributed by atoms with Crippen LogP contribution >= 0.6 is 11.8 Å². The zero-order valence-electron chi connectivity index (χ0n) is 6.50. The third-order valence-corrected chi connectivity index (χ3v) is 2.38. The average molecular weight is 181 g/mol. The van der Waals surface area contributed by atoms with Gasteiger partial charge in [0.2, 0.25) is 0 Å². The smallest absolute Gasteiger partial charge is 0.284 e. The summed E-state index contributed by atoms with van der Waals surface area (Å²) in [7, 11) is 0. The molecule has 62 valence electrons. The summed E-state index contributed by atoms with van der Waals surface area (Å²) in [6, 6.07) is 0. The first-order chi connectivity index (χ1) is 5.75. The number of hydrogen-bond donors (Lipinski definition) is 1. The number of carbonyl (C=O) groups is 1. The van der Waals surface area contributed by atoms with Gasteiger partial charge in [-0.15, -0.1) is 0 Å². The molecule has 1 aliphatic heterocycles. The summed E-state index contributed by atoms with van der Waals surface area (Å²) in [5, 5.41) is 2.63. The molecule has 1 aromatic rings. The van der Waals surface area contributed by atoms with Crippen LogP contribution in [0.4, 0.5) is 10.6 Å².